The molecule has 8 nitrogen and oxygen atoms in total. The third-order valence-electron chi connectivity index (χ3n) is 4.21. The van der Waals surface area contributed by atoms with E-state index < -0.39 is 16.1 Å². The van der Waals surface area contributed by atoms with Crippen molar-refractivity contribution in [3.05, 3.63) is 42.5 Å². The summed E-state index contributed by atoms with van der Waals surface area (Å²) in [5.74, 6) is 1.07. The highest BCUT2D eigenvalue weighted by atomic mass is 32.2. The zero-order valence-corrected chi connectivity index (χ0v) is 14.7. The first-order chi connectivity index (χ1) is 12.5. The highest BCUT2D eigenvalue weighted by Gasteiger charge is 2.33. The van der Waals surface area contributed by atoms with E-state index in [-0.39, 0.29) is 24.1 Å². The highest BCUT2D eigenvalue weighted by Crippen LogP contribution is 2.34. The Morgan fingerprint density at radius 3 is 2.73 bits per heavy atom. The highest BCUT2D eigenvalue weighted by molar-refractivity contribution is 7.89. The molecule has 2 aromatic rings. The maximum atomic E-state index is 12.5. The number of carbonyl (C=O) groups excluding carboxylic acids is 1. The summed E-state index contributed by atoms with van der Waals surface area (Å²) in [4.78, 5) is 13.9. The number of nitrogens with zero attached hydrogens (tertiary/aromatic N) is 1. The number of para-hydroxylation sites is 2. The van der Waals surface area contributed by atoms with Crippen LogP contribution in [0.5, 0.6) is 17.2 Å². The van der Waals surface area contributed by atoms with Crippen LogP contribution in [-0.4, -0.2) is 40.8 Å². The quantitative estimate of drug-likeness (QED) is 0.859. The van der Waals surface area contributed by atoms with Crippen molar-refractivity contribution < 1.29 is 27.4 Å². The van der Waals surface area contributed by atoms with E-state index in [0.717, 1.165) is 0 Å². The Kier molecular flexibility index (Phi) is 3.97. The van der Waals surface area contributed by atoms with Gasteiger partial charge in [0.25, 0.3) is 5.91 Å². The lowest BCUT2D eigenvalue weighted by Crippen LogP contribution is -2.49. The van der Waals surface area contributed by atoms with Crippen molar-refractivity contribution in [2.75, 3.05) is 25.3 Å². The van der Waals surface area contributed by atoms with Crippen LogP contribution >= 0.6 is 0 Å². The second-order valence-corrected chi connectivity index (χ2v) is 7.61. The first-order valence-corrected chi connectivity index (χ1v) is 9.36. The molecule has 0 spiro atoms. The van der Waals surface area contributed by atoms with E-state index in [9.17, 15) is 13.2 Å². The molecule has 136 valence electrons. The lowest BCUT2D eigenvalue weighted by atomic mass is 10.2. The van der Waals surface area contributed by atoms with Gasteiger partial charge in [-0.3, -0.25) is 4.79 Å². The number of sulfonamides is 1. The van der Waals surface area contributed by atoms with Gasteiger partial charge in [-0.25, -0.2) is 13.1 Å². The Morgan fingerprint density at radius 1 is 1.12 bits per heavy atom. The van der Waals surface area contributed by atoms with Gasteiger partial charge in [0, 0.05) is 13.1 Å². The van der Waals surface area contributed by atoms with E-state index in [1.165, 1.54) is 23.1 Å². The molecule has 0 aromatic heterocycles. The van der Waals surface area contributed by atoms with Crippen molar-refractivity contribution in [3.63, 3.8) is 0 Å². The van der Waals surface area contributed by atoms with E-state index in [1.807, 2.05) is 0 Å². The number of anilines is 1. The number of amides is 1. The lowest BCUT2D eigenvalue weighted by Gasteiger charge is -2.31. The number of ether oxygens (including phenoxy) is 3. The number of likely N-dealkylation sites (N-methyl/N-ethyl adjacent to an activating group) is 1. The summed E-state index contributed by atoms with van der Waals surface area (Å²) < 4.78 is 43.5. The zero-order valence-electron chi connectivity index (χ0n) is 13.8. The molecular weight excluding hydrogens is 360 g/mol. The van der Waals surface area contributed by atoms with Crippen LogP contribution < -0.4 is 23.8 Å². The maximum absolute atomic E-state index is 12.5. The van der Waals surface area contributed by atoms with Crippen LogP contribution in [0.1, 0.15) is 0 Å². The monoisotopic (exact) mass is 376 g/mol. The Balaban J connectivity index is 1.51. The van der Waals surface area contributed by atoms with Crippen molar-refractivity contribution in [2.24, 2.45) is 0 Å². The number of hydrogen-bond donors (Lipinski definition) is 1. The van der Waals surface area contributed by atoms with Gasteiger partial charge in [-0.15, -0.1) is 0 Å². The number of fused-ring (bicyclic) bond motifs is 2. The molecule has 26 heavy (non-hydrogen) atoms. The van der Waals surface area contributed by atoms with Gasteiger partial charge in [0.1, 0.15) is 5.75 Å². The largest absolute Gasteiger partial charge is 0.477 e. The van der Waals surface area contributed by atoms with Gasteiger partial charge in [-0.05, 0) is 24.3 Å². The molecule has 2 aliphatic rings. The molecule has 2 aliphatic heterocycles. The fraction of sp³-hybridized carbons (Fsp3) is 0.235. The van der Waals surface area contributed by atoms with Crippen LogP contribution in [0.25, 0.3) is 0 Å². The predicted molar refractivity (Wildman–Crippen MR) is 92.0 cm³/mol. The van der Waals surface area contributed by atoms with Crippen molar-refractivity contribution in [1.82, 2.24) is 4.72 Å². The van der Waals surface area contributed by atoms with Gasteiger partial charge in [-0.1, -0.05) is 12.1 Å². The first-order valence-electron chi connectivity index (χ1n) is 7.88. The summed E-state index contributed by atoms with van der Waals surface area (Å²) in [6.07, 6.45) is -0.946. The van der Waals surface area contributed by atoms with Crippen LogP contribution in [0.4, 0.5) is 5.69 Å². The Hall–Kier alpha value is -2.78. The van der Waals surface area contributed by atoms with Crippen molar-refractivity contribution in [3.8, 4) is 17.2 Å². The molecule has 2 heterocycles. The van der Waals surface area contributed by atoms with Crippen LogP contribution in [0.15, 0.2) is 47.4 Å². The molecule has 9 heteroatoms. The van der Waals surface area contributed by atoms with Crippen molar-refractivity contribution >= 4 is 21.6 Å². The van der Waals surface area contributed by atoms with Crippen LogP contribution in [-0.2, 0) is 14.8 Å². The number of hydrogen-bond acceptors (Lipinski definition) is 6. The molecule has 1 amide bonds. The number of carbonyl (C=O) groups is 1. The molecule has 0 saturated carbocycles. The lowest BCUT2D eigenvalue weighted by molar-refractivity contribution is -0.125. The molecule has 1 N–H and O–H groups in total. The molecule has 0 saturated heterocycles. The van der Waals surface area contributed by atoms with Crippen molar-refractivity contribution in [1.29, 1.82) is 0 Å². The van der Waals surface area contributed by atoms with E-state index in [4.69, 9.17) is 14.2 Å². The third-order valence-corrected chi connectivity index (χ3v) is 5.64. The molecule has 2 aromatic carbocycles. The topological polar surface area (TPSA) is 94.2 Å². The first kappa shape index (κ1) is 16.7. The minimum Gasteiger partial charge on any atom is -0.477 e. The fourth-order valence-electron chi connectivity index (χ4n) is 2.81. The Labute approximate surface area is 150 Å². The summed E-state index contributed by atoms with van der Waals surface area (Å²) in [6, 6.07) is 11.4. The standard InChI is InChI=1S/C17H16N2O6S/c1-19-12-4-2-3-5-13(12)25-16(17(19)20)9-18-26(21,22)11-6-7-14-15(8-11)24-10-23-14/h2-8,16,18H,9-10H2,1H3. The normalized spacial score (nSPS) is 18.4. The Morgan fingerprint density at radius 2 is 1.88 bits per heavy atom. The zero-order chi connectivity index (χ0) is 18.3. The van der Waals surface area contributed by atoms with Gasteiger partial charge in [-0.2, -0.15) is 0 Å². The minimum atomic E-state index is -3.84. The predicted octanol–water partition coefficient (Wildman–Crippen LogP) is 1.12. The fourth-order valence-corrected chi connectivity index (χ4v) is 3.86. The smallest absolute Gasteiger partial charge is 0.269 e. The van der Waals surface area contributed by atoms with E-state index in [0.29, 0.717) is 22.9 Å². The van der Waals surface area contributed by atoms with Crippen LogP contribution in [0.2, 0.25) is 0 Å². The van der Waals surface area contributed by atoms with Gasteiger partial charge < -0.3 is 19.1 Å². The van der Waals surface area contributed by atoms with Gasteiger partial charge in [0.05, 0.1) is 17.1 Å². The van der Waals surface area contributed by atoms with Crippen LogP contribution in [0, 0.1) is 0 Å². The second kappa shape index (κ2) is 6.19. The molecule has 0 aliphatic carbocycles. The van der Waals surface area contributed by atoms with E-state index >= 15 is 0 Å². The van der Waals surface area contributed by atoms with Gasteiger partial charge in [0.2, 0.25) is 16.8 Å². The average molecular weight is 376 g/mol. The molecule has 4 rings (SSSR count). The maximum Gasteiger partial charge on any atom is 0.269 e. The second-order valence-electron chi connectivity index (χ2n) is 5.84. The van der Waals surface area contributed by atoms with E-state index in [1.54, 1.807) is 31.3 Å². The minimum absolute atomic E-state index is 0.0266. The third kappa shape index (κ3) is 2.85. The summed E-state index contributed by atoms with van der Waals surface area (Å²) in [5, 5.41) is 0. The summed E-state index contributed by atoms with van der Waals surface area (Å²) in [5.41, 5.74) is 0.646. The molecular formula is C17H16N2O6S. The van der Waals surface area contributed by atoms with Gasteiger partial charge in [0.15, 0.2) is 17.6 Å². The summed E-state index contributed by atoms with van der Waals surface area (Å²) in [7, 11) is -2.21. The number of rotatable bonds is 4. The summed E-state index contributed by atoms with van der Waals surface area (Å²) >= 11 is 0. The number of benzene rings is 2. The number of nitrogens with one attached hydrogen (secondary N) is 1. The average Bonchev–Trinajstić information content (AvgIpc) is 3.11. The molecule has 1 atom stereocenters. The molecule has 0 fully saturated rings. The SMILES string of the molecule is CN1C(=O)C(CNS(=O)(=O)c2ccc3c(c2)OCO3)Oc2ccccc21. The van der Waals surface area contributed by atoms with Crippen LogP contribution in [0.3, 0.4) is 0 Å². The van der Waals surface area contributed by atoms with E-state index in [2.05, 4.69) is 4.72 Å². The summed E-state index contributed by atoms with van der Waals surface area (Å²) in [6.45, 7) is -0.128. The van der Waals surface area contributed by atoms with Gasteiger partial charge >= 0.3 is 0 Å². The molecule has 1 unspecified atom stereocenters. The molecule has 0 radical (unpaired) electrons. The molecule has 0 bridgehead atoms. The Bertz CT molecular complexity index is 975. The van der Waals surface area contributed by atoms with Crippen molar-refractivity contribution in [2.45, 2.75) is 11.0 Å².